The van der Waals surface area contributed by atoms with Crippen molar-refractivity contribution in [2.75, 3.05) is 24.3 Å². The fourth-order valence-corrected chi connectivity index (χ4v) is 0.996. The average molecular weight is 195 g/mol. The molecule has 0 spiro atoms. The van der Waals surface area contributed by atoms with Crippen molar-refractivity contribution in [3.8, 4) is 0 Å². The highest BCUT2D eigenvalue weighted by molar-refractivity contribution is 5.89. The number of nitrogens with zero attached hydrogens (tertiary/aromatic N) is 2. The van der Waals surface area contributed by atoms with Crippen molar-refractivity contribution < 1.29 is 9.53 Å². The number of hydrogen-bond acceptors (Lipinski definition) is 4. The van der Waals surface area contributed by atoms with Crippen molar-refractivity contribution in [1.29, 1.82) is 0 Å². The summed E-state index contributed by atoms with van der Waals surface area (Å²) in [5.74, 6) is 0.408. The minimum atomic E-state index is -0.460. The smallest absolute Gasteiger partial charge is 0.415 e. The molecule has 2 N–H and O–H groups in total. The Morgan fingerprint density at radius 3 is 3.00 bits per heavy atom. The first kappa shape index (κ1) is 10.3. The molecule has 0 atom stereocenters. The molecule has 1 heterocycles. The number of carbonyl (C=O) groups is 1. The van der Waals surface area contributed by atoms with Crippen molar-refractivity contribution in [2.24, 2.45) is 0 Å². The third kappa shape index (κ3) is 2.12. The number of hydrogen-bond donors (Lipinski definition) is 1. The topological polar surface area (TPSA) is 68.5 Å². The summed E-state index contributed by atoms with van der Waals surface area (Å²) in [5, 5.41) is 0. The summed E-state index contributed by atoms with van der Waals surface area (Å²) in [6.45, 7) is 2.07. The Balaban J connectivity index is 2.84. The molecule has 0 aliphatic heterocycles. The molecule has 76 valence electrons. The fourth-order valence-electron chi connectivity index (χ4n) is 0.996. The van der Waals surface area contributed by atoms with Gasteiger partial charge in [-0.15, -0.1) is 0 Å². The Morgan fingerprint density at radius 2 is 2.43 bits per heavy atom. The van der Waals surface area contributed by atoms with E-state index in [1.165, 1.54) is 4.90 Å². The summed E-state index contributed by atoms with van der Waals surface area (Å²) in [6.07, 6.45) is 1.11. The Morgan fingerprint density at radius 1 is 1.71 bits per heavy atom. The summed E-state index contributed by atoms with van der Waals surface area (Å²) in [7, 11) is 1.57. The van der Waals surface area contributed by atoms with Crippen LogP contribution in [0, 0.1) is 0 Å². The molecule has 0 aliphatic carbocycles. The third-order valence-electron chi connectivity index (χ3n) is 1.68. The third-order valence-corrected chi connectivity index (χ3v) is 1.68. The number of amides is 1. The maximum Gasteiger partial charge on any atom is 0.415 e. The molecule has 0 unspecified atom stereocenters. The Hall–Kier alpha value is -1.78. The van der Waals surface area contributed by atoms with Gasteiger partial charge in [-0.25, -0.2) is 9.78 Å². The van der Waals surface area contributed by atoms with E-state index in [-0.39, 0.29) is 0 Å². The zero-order valence-corrected chi connectivity index (χ0v) is 8.23. The molecule has 0 bridgehead atoms. The Labute approximate surface area is 82.5 Å². The normalized spacial score (nSPS) is 9.57. The maximum absolute atomic E-state index is 11.3. The van der Waals surface area contributed by atoms with Crippen LogP contribution in [0.5, 0.6) is 0 Å². The lowest BCUT2D eigenvalue weighted by atomic mass is 10.4. The van der Waals surface area contributed by atoms with Crippen LogP contribution in [0.3, 0.4) is 0 Å². The van der Waals surface area contributed by atoms with Gasteiger partial charge in [0.15, 0.2) is 5.82 Å². The predicted octanol–water partition coefficient (Wildman–Crippen LogP) is 1.26. The van der Waals surface area contributed by atoms with Gasteiger partial charge >= 0.3 is 6.09 Å². The lowest BCUT2D eigenvalue weighted by Gasteiger charge is -2.16. The summed E-state index contributed by atoms with van der Waals surface area (Å²) in [5.41, 5.74) is 6.09. The fraction of sp³-hybridized carbons (Fsp3) is 0.333. The van der Waals surface area contributed by atoms with E-state index >= 15 is 0 Å². The second-order valence-corrected chi connectivity index (χ2v) is 2.67. The second kappa shape index (κ2) is 4.45. The standard InChI is InChI=1S/C9H13N3O2/c1-3-14-9(13)12(2)8-7(10)5-4-6-11-8/h4-6H,3,10H2,1-2H3. The molecule has 1 amide bonds. The van der Waals surface area contributed by atoms with Crippen molar-refractivity contribution >= 4 is 17.6 Å². The molecule has 0 saturated heterocycles. The van der Waals surface area contributed by atoms with E-state index in [9.17, 15) is 4.79 Å². The van der Waals surface area contributed by atoms with Gasteiger partial charge in [-0.05, 0) is 19.1 Å². The van der Waals surface area contributed by atoms with Crippen molar-refractivity contribution in [1.82, 2.24) is 4.98 Å². The maximum atomic E-state index is 11.3. The zero-order valence-electron chi connectivity index (χ0n) is 8.23. The molecule has 5 heteroatoms. The van der Waals surface area contributed by atoms with Crippen LogP contribution < -0.4 is 10.6 Å². The van der Waals surface area contributed by atoms with Crippen LogP contribution in [0.2, 0.25) is 0 Å². The number of pyridine rings is 1. The minimum absolute atomic E-state index is 0.329. The molecular formula is C9H13N3O2. The van der Waals surface area contributed by atoms with E-state index in [1.54, 1.807) is 32.3 Å². The van der Waals surface area contributed by atoms with Crippen LogP contribution in [-0.2, 0) is 4.74 Å². The predicted molar refractivity (Wildman–Crippen MR) is 54.1 cm³/mol. The van der Waals surface area contributed by atoms with Gasteiger partial charge in [-0.2, -0.15) is 0 Å². The largest absolute Gasteiger partial charge is 0.449 e. The van der Waals surface area contributed by atoms with Crippen LogP contribution in [0.1, 0.15) is 6.92 Å². The summed E-state index contributed by atoms with van der Waals surface area (Å²) < 4.78 is 4.80. The Bertz CT molecular complexity index is 328. The summed E-state index contributed by atoms with van der Waals surface area (Å²) >= 11 is 0. The van der Waals surface area contributed by atoms with E-state index in [0.717, 1.165) is 0 Å². The molecule has 1 rings (SSSR count). The molecule has 0 fully saturated rings. The second-order valence-electron chi connectivity index (χ2n) is 2.67. The van der Waals surface area contributed by atoms with Gasteiger partial charge < -0.3 is 10.5 Å². The van der Waals surface area contributed by atoms with Crippen LogP contribution in [-0.4, -0.2) is 24.7 Å². The van der Waals surface area contributed by atoms with E-state index in [0.29, 0.717) is 18.1 Å². The highest BCUT2D eigenvalue weighted by Gasteiger charge is 2.14. The van der Waals surface area contributed by atoms with Gasteiger partial charge in [0.1, 0.15) is 0 Å². The molecule has 5 nitrogen and oxygen atoms in total. The number of anilines is 2. The monoisotopic (exact) mass is 195 g/mol. The quantitative estimate of drug-likeness (QED) is 0.771. The van der Waals surface area contributed by atoms with E-state index in [4.69, 9.17) is 10.5 Å². The van der Waals surface area contributed by atoms with E-state index < -0.39 is 6.09 Å². The van der Waals surface area contributed by atoms with Crippen molar-refractivity contribution in [3.63, 3.8) is 0 Å². The molecule has 0 saturated carbocycles. The van der Waals surface area contributed by atoms with Gasteiger partial charge in [0, 0.05) is 13.2 Å². The van der Waals surface area contributed by atoms with Gasteiger partial charge in [0.05, 0.1) is 12.3 Å². The molecule has 0 radical (unpaired) electrons. The van der Waals surface area contributed by atoms with Gasteiger partial charge in [-0.3, -0.25) is 4.90 Å². The molecule has 0 aromatic carbocycles. The lowest BCUT2D eigenvalue weighted by Crippen LogP contribution is -2.28. The van der Waals surface area contributed by atoms with Crippen molar-refractivity contribution in [2.45, 2.75) is 6.92 Å². The molecule has 1 aromatic rings. The highest BCUT2D eigenvalue weighted by atomic mass is 16.6. The summed E-state index contributed by atoms with van der Waals surface area (Å²) in [6, 6.07) is 3.38. The molecule has 14 heavy (non-hydrogen) atoms. The number of aromatic nitrogens is 1. The average Bonchev–Trinajstić information content (AvgIpc) is 2.18. The number of rotatable bonds is 2. The SMILES string of the molecule is CCOC(=O)N(C)c1ncccc1N. The first-order valence-corrected chi connectivity index (χ1v) is 4.27. The number of nitrogen functional groups attached to an aromatic ring is 1. The zero-order chi connectivity index (χ0) is 10.6. The number of carbonyl (C=O) groups excluding carboxylic acids is 1. The first-order chi connectivity index (χ1) is 6.66. The van der Waals surface area contributed by atoms with Crippen LogP contribution in [0.15, 0.2) is 18.3 Å². The first-order valence-electron chi connectivity index (χ1n) is 4.27. The van der Waals surface area contributed by atoms with E-state index in [1.807, 2.05) is 0 Å². The molecule has 1 aromatic heterocycles. The van der Waals surface area contributed by atoms with Crippen molar-refractivity contribution in [3.05, 3.63) is 18.3 Å². The number of nitrogens with two attached hydrogens (primary N) is 1. The van der Waals surface area contributed by atoms with Gasteiger partial charge in [-0.1, -0.05) is 0 Å². The molecule has 0 aliphatic rings. The van der Waals surface area contributed by atoms with Gasteiger partial charge in [0.25, 0.3) is 0 Å². The van der Waals surface area contributed by atoms with E-state index in [2.05, 4.69) is 4.98 Å². The van der Waals surface area contributed by atoms with Crippen LogP contribution >= 0.6 is 0 Å². The van der Waals surface area contributed by atoms with Gasteiger partial charge in [0.2, 0.25) is 0 Å². The number of ether oxygens (including phenoxy) is 1. The molecular weight excluding hydrogens is 182 g/mol. The van der Waals surface area contributed by atoms with Crippen LogP contribution in [0.4, 0.5) is 16.3 Å². The summed E-state index contributed by atoms with van der Waals surface area (Å²) in [4.78, 5) is 16.6. The minimum Gasteiger partial charge on any atom is -0.449 e. The Kier molecular flexibility index (Phi) is 3.28. The highest BCUT2D eigenvalue weighted by Crippen LogP contribution is 2.17. The lowest BCUT2D eigenvalue weighted by molar-refractivity contribution is 0.161. The van der Waals surface area contributed by atoms with Crippen LogP contribution in [0.25, 0.3) is 0 Å².